The van der Waals surface area contributed by atoms with Crippen molar-refractivity contribution in [2.75, 3.05) is 27.9 Å². The van der Waals surface area contributed by atoms with Crippen LogP contribution in [0.4, 0.5) is 0 Å². The first-order chi connectivity index (χ1) is 16.9. The van der Waals surface area contributed by atoms with Crippen molar-refractivity contribution in [2.24, 2.45) is 0 Å². The molecule has 0 amide bonds. The van der Waals surface area contributed by atoms with Gasteiger partial charge in [0.2, 0.25) is 11.2 Å². The number of fused-ring (bicyclic) bond motifs is 1. The zero-order valence-corrected chi connectivity index (χ0v) is 19.9. The van der Waals surface area contributed by atoms with E-state index in [0.29, 0.717) is 35.9 Å². The molecule has 9 heteroatoms. The van der Waals surface area contributed by atoms with E-state index in [4.69, 9.17) is 18.6 Å². The molecule has 0 aliphatic carbocycles. The first-order valence-corrected chi connectivity index (χ1v) is 11.2. The molecule has 1 aliphatic heterocycles. The second-order valence-corrected chi connectivity index (χ2v) is 8.35. The van der Waals surface area contributed by atoms with Crippen LogP contribution in [0.25, 0.3) is 0 Å². The van der Waals surface area contributed by atoms with Crippen molar-refractivity contribution in [3.8, 4) is 17.2 Å². The molecule has 1 atom stereocenters. The Morgan fingerprint density at radius 2 is 1.91 bits per heavy atom. The highest BCUT2D eigenvalue weighted by Crippen LogP contribution is 2.35. The Labute approximate surface area is 202 Å². The maximum atomic E-state index is 12.7. The molecule has 1 aromatic carbocycles. The average Bonchev–Trinajstić information content (AvgIpc) is 2.88. The number of rotatable bonds is 8. The summed E-state index contributed by atoms with van der Waals surface area (Å²) in [6, 6.07) is 8.73. The molecule has 0 spiro atoms. The van der Waals surface area contributed by atoms with Gasteiger partial charge < -0.3 is 23.7 Å². The summed E-state index contributed by atoms with van der Waals surface area (Å²) in [5.41, 5.74) is 2.35. The lowest BCUT2D eigenvalue weighted by molar-refractivity contribution is -0.140. The van der Waals surface area contributed by atoms with E-state index in [1.54, 1.807) is 38.7 Å². The summed E-state index contributed by atoms with van der Waals surface area (Å²) in [5, 5.41) is 10.6. The molecule has 0 saturated heterocycles. The summed E-state index contributed by atoms with van der Waals surface area (Å²) >= 11 is 0. The standard InChI is InChI=1S/C26H28N2O7/c1-32-22-9-16-6-8-28(14-18(16)10-23(22)33-2)15-19-11-21(29)25(31)26(35-19)20(12-24(30)34-3)17-5-4-7-27-13-17/h4-5,7,9-11,13,20,31H,6,8,12,14-15H2,1-3H3. The fraction of sp³-hybridized carbons (Fsp3) is 0.346. The summed E-state index contributed by atoms with van der Waals surface area (Å²) in [5.74, 6) is 0.0352. The molecule has 4 rings (SSSR count). The van der Waals surface area contributed by atoms with E-state index < -0.39 is 23.1 Å². The van der Waals surface area contributed by atoms with Gasteiger partial charge in [-0.2, -0.15) is 0 Å². The lowest BCUT2D eigenvalue weighted by Crippen LogP contribution is -2.30. The Bertz CT molecular complexity index is 1260. The molecule has 0 bridgehead atoms. The smallest absolute Gasteiger partial charge is 0.306 e. The number of carbonyl (C=O) groups excluding carboxylic acids is 1. The topological polar surface area (TPSA) is 111 Å². The molecule has 0 radical (unpaired) electrons. The number of benzene rings is 1. The van der Waals surface area contributed by atoms with Crippen LogP contribution in [-0.4, -0.2) is 48.8 Å². The first-order valence-electron chi connectivity index (χ1n) is 11.2. The van der Waals surface area contributed by atoms with Gasteiger partial charge in [0.05, 0.1) is 40.2 Å². The molecule has 0 fully saturated rings. The number of ether oxygens (including phenoxy) is 3. The molecule has 1 unspecified atom stereocenters. The van der Waals surface area contributed by atoms with Crippen molar-refractivity contribution in [1.29, 1.82) is 0 Å². The quantitative estimate of drug-likeness (QED) is 0.486. The summed E-state index contributed by atoms with van der Waals surface area (Å²) in [6.07, 6.45) is 3.86. The van der Waals surface area contributed by atoms with Crippen LogP contribution in [0.15, 0.2) is 51.9 Å². The highest BCUT2D eigenvalue weighted by molar-refractivity contribution is 5.71. The molecule has 184 valence electrons. The van der Waals surface area contributed by atoms with E-state index in [-0.39, 0.29) is 12.2 Å². The molecule has 35 heavy (non-hydrogen) atoms. The van der Waals surface area contributed by atoms with Gasteiger partial charge in [0.25, 0.3) is 0 Å². The van der Waals surface area contributed by atoms with Crippen LogP contribution in [0.5, 0.6) is 17.2 Å². The van der Waals surface area contributed by atoms with Crippen molar-refractivity contribution in [3.63, 3.8) is 0 Å². The number of pyridine rings is 1. The first kappa shape index (κ1) is 24.3. The number of aromatic nitrogens is 1. The van der Waals surface area contributed by atoms with Gasteiger partial charge in [-0.05, 0) is 41.3 Å². The molecular formula is C26H28N2O7. The lowest BCUT2D eigenvalue weighted by Gasteiger charge is -2.29. The lowest BCUT2D eigenvalue weighted by atomic mass is 9.93. The van der Waals surface area contributed by atoms with Crippen LogP contribution in [-0.2, 0) is 29.0 Å². The highest BCUT2D eigenvalue weighted by Gasteiger charge is 2.27. The predicted octanol–water partition coefficient (Wildman–Crippen LogP) is 3.01. The summed E-state index contributed by atoms with van der Waals surface area (Å²) in [4.78, 5) is 31.0. The minimum Gasteiger partial charge on any atom is -0.502 e. The van der Waals surface area contributed by atoms with E-state index in [1.165, 1.54) is 18.7 Å². The molecule has 0 saturated carbocycles. The van der Waals surface area contributed by atoms with Gasteiger partial charge in [-0.3, -0.25) is 19.5 Å². The molecule has 1 aliphatic rings. The number of hydrogen-bond acceptors (Lipinski definition) is 9. The third kappa shape index (κ3) is 5.30. The Balaban J connectivity index is 1.63. The zero-order chi connectivity index (χ0) is 24.9. The Kier molecular flexibility index (Phi) is 7.36. The van der Waals surface area contributed by atoms with Crippen LogP contribution in [0.2, 0.25) is 0 Å². The number of nitrogens with zero attached hydrogens (tertiary/aromatic N) is 2. The fourth-order valence-corrected chi connectivity index (χ4v) is 4.36. The van der Waals surface area contributed by atoms with Gasteiger partial charge in [0, 0.05) is 31.5 Å². The number of carbonyl (C=O) groups is 1. The van der Waals surface area contributed by atoms with Crippen LogP contribution in [0.3, 0.4) is 0 Å². The molecule has 9 nitrogen and oxygen atoms in total. The van der Waals surface area contributed by atoms with E-state index in [0.717, 1.165) is 18.5 Å². The van der Waals surface area contributed by atoms with Gasteiger partial charge in [-0.25, -0.2) is 0 Å². The second-order valence-electron chi connectivity index (χ2n) is 8.35. The van der Waals surface area contributed by atoms with E-state index in [2.05, 4.69) is 9.88 Å². The highest BCUT2D eigenvalue weighted by atomic mass is 16.5. The maximum absolute atomic E-state index is 12.7. The Morgan fingerprint density at radius 3 is 2.57 bits per heavy atom. The third-order valence-electron chi connectivity index (χ3n) is 6.18. The predicted molar refractivity (Wildman–Crippen MR) is 127 cm³/mol. The summed E-state index contributed by atoms with van der Waals surface area (Å²) in [7, 11) is 4.50. The molecule has 3 aromatic rings. The van der Waals surface area contributed by atoms with E-state index in [1.807, 2.05) is 12.1 Å². The fourth-order valence-electron chi connectivity index (χ4n) is 4.36. The maximum Gasteiger partial charge on any atom is 0.306 e. The van der Waals surface area contributed by atoms with Crippen LogP contribution in [0.1, 0.15) is 40.5 Å². The van der Waals surface area contributed by atoms with Crippen LogP contribution >= 0.6 is 0 Å². The molecular weight excluding hydrogens is 452 g/mol. The van der Waals surface area contributed by atoms with Gasteiger partial charge in [-0.1, -0.05) is 6.07 Å². The number of esters is 1. The van der Waals surface area contributed by atoms with Crippen molar-refractivity contribution in [1.82, 2.24) is 9.88 Å². The third-order valence-corrected chi connectivity index (χ3v) is 6.18. The van der Waals surface area contributed by atoms with E-state index >= 15 is 0 Å². The minimum absolute atomic E-state index is 0.0229. The summed E-state index contributed by atoms with van der Waals surface area (Å²) in [6.45, 7) is 1.73. The number of hydrogen-bond donors (Lipinski definition) is 1. The van der Waals surface area contributed by atoms with Gasteiger partial charge in [0.1, 0.15) is 5.76 Å². The SMILES string of the molecule is COC(=O)CC(c1cccnc1)c1oc(CN2CCc3cc(OC)c(OC)cc3C2)cc(=O)c1O. The molecule has 2 aromatic heterocycles. The van der Waals surface area contributed by atoms with Crippen molar-refractivity contribution < 1.29 is 28.5 Å². The Morgan fingerprint density at radius 1 is 1.17 bits per heavy atom. The van der Waals surface area contributed by atoms with Gasteiger partial charge in [0.15, 0.2) is 17.3 Å². The monoisotopic (exact) mass is 480 g/mol. The average molecular weight is 481 g/mol. The number of aromatic hydroxyl groups is 1. The Hall–Kier alpha value is -3.85. The largest absolute Gasteiger partial charge is 0.502 e. The normalized spacial score (nSPS) is 14.1. The van der Waals surface area contributed by atoms with Crippen molar-refractivity contribution in [2.45, 2.75) is 31.8 Å². The van der Waals surface area contributed by atoms with Crippen molar-refractivity contribution >= 4 is 5.97 Å². The minimum atomic E-state index is -0.720. The van der Waals surface area contributed by atoms with Gasteiger partial charge in [-0.15, -0.1) is 0 Å². The van der Waals surface area contributed by atoms with Crippen LogP contribution < -0.4 is 14.9 Å². The van der Waals surface area contributed by atoms with Crippen molar-refractivity contribution in [3.05, 3.63) is 81.2 Å². The van der Waals surface area contributed by atoms with Gasteiger partial charge >= 0.3 is 5.97 Å². The molecule has 3 heterocycles. The van der Waals surface area contributed by atoms with Crippen LogP contribution in [0, 0.1) is 0 Å². The van der Waals surface area contributed by atoms with E-state index in [9.17, 15) is 14.7 Å². The molecule has 1 N–H and O–H groups in total. The summed E-state index contributed by atoms with van der Waals surface area (Å²) < 4.78 is 21.7. The number of methoxy groups -OCH3 is 3. The zero-order valence-electron chi connectivity index (χ0n) is 19.9. The second kappa shape index (κ2) is 10.6.